The summed E-state index contributed by atoms with van der Waals surface area (Å²) < 4.78 is 16.6. The zero-order valence-corrected chi connectivity index (χ0v) is 17.5. The number of carbonyl (C=O) groups excluding carboxylic acids is 2. The smallest absolute Gasteiger partial charge is 0.236 e. The fraction of sp³-hybridized carbons (Fsp3) is 0.500. The molecule has 0 unspecified atom stereocenters. The Kier molecular flexibility index (Phi) is 5.59. The molecule has 0 aromatic heterocycles. The molecule has 1 aliphatic carbocycles. The average molecular weight is 409 g/mol. The number of carbonyl (C=O) groups is 2. The number of hydrogen-bond acceptors (Lipinski definition) is 7. The third-order valence-corrected chi connectivity index (χ3v) is 5.58. The molecule has 3 rings (SSSR count). The van der Waals surface area contributed by atoms with E-state index in [9.17, 15) is 9.59 Å². The largest absolute Gasteiger partial charge is 0.496 e. The number of methoxy groups -OCH3 is 2. The minimum Gasteiger partial charge on any atom is -0.496 e. The lowest BCUT2D eigenvalue weighted by Gasteiger charge is -2.35. The van der Waals surface area contributed by atoms with Gasteiger partial charge in [0, 0.05) is 36.8 Å². The number of ketones is 2. The number of ether oxygens (including phenoxy) is 3. The van der Waals surface area contributed by atoms with Gasteiger partial charge in [0.1, 0.15) is 22.1 Å². The van der Waals surface area contributed by atoms with Gasteiger partial charge < -0.3 is 24.4 Å². The highest BCUT2D eigenvalue weighted by atomic mass is 35.5. The Hall–Kier alpha value is -2.25. The molecular weight excluding hydrogens is 384 g/mol. The van der Waals surface area contributed by atoms with E-state index >= 15 is 0 Å². The summed E-state index contributed by atoms with van der Waals surface area (Å²) in [6.07, 6.45) is 1.98. The van der Waals surface area contributed by atoms with Gasteiger partial charge in [-0.1, -0.05) is 18.5 Å². The number of halogens is 1. The number of allylic oxidation sites excluding steroid dienone is 1. The third-order valence-electron chi connectivity index (χ3n) is 5.22. The normalized spacial score (nSPS) is 23.5. The van der Waals surface area contributed by atoms with Crippen molar-refractivity contribution in [3.8, 4) is 17.2 Å². The van der Waals surface area contributed by atoms with Crippen LogP contribution in [0.15, 0.2) is 17.8 Å². The van der Waals surface area contributed by atoms with E-state index in [-0.39, 0.29) is 28.0 Å². The molecular formula is C20H25ClN2O5. The van der Waals surface area contributed by atoms with Gasteiger partial charge in [-0.3, -0.25) is 9.59 Å². The lowest BCUT2D eigenvalue weighted by Crippen LogP contribution is -2.55. The number of benzene rings is 1. The topological polar surface area (TPSA) is 77.1 Å². The summed E-state index contributed by atoms with van der Waals surface area (Å²) in [6, 6.07) is 1.53. The lowest BCUT2D eigenvalue weighted by molar-refractivity contribution is -0.129. The minimum atomic E-state index is -1.63. The van der Waals surface area contributed by atoms with Gasteiger partial charge in [-0.05, 0) is 20.5 Å². The van der Waals surface area contributed by atoms with E-state index in [1.807, 2.05) is 25.9 Å². The summed E-state index contributed by atoms with van der Waals surface area (Å²) in [4.78, 5) is 28.5. The second-order valence-corrected chi connectivity index (χ2v) is 7.71. The number of nitrogens with zero attached hydrogens (tertiary/aromatic N) is 1. The Morgan fingerprint density at radius 1 is 1.29 bits per heavy atom. The van der Waals surface area contributed by atoms with Crippen LogP contribution < -0.4 is 19.5 Å². The van der Waals surface area contributed by atoms with Crippen molar-refractivity contribution in [2.75, 3.05) is 41.4 Å². The van der Waals surface area contributed by atoms with E-state index < -0.39 is 17.2 Å². The van der Waals surface area contributed by atoms with Crippen LogP contribution in [0.2, 0.25) is 5.02 Å². The van der Waals surface area contributed by atoms with Gasteiger partial charge in [-0.25, -0.2) is 0 Å². The first-order valence-corrected chi connectivity index (χ1v) is 9.45. The summed E-state index contributed by atoms with van der Waals surface area (Å²) in [7, 11) is 6.86. The predicted molar refractivity (Wildman–Crippen MR) is 106 cm³/mol. The molecule has 1 heterocycles. The van der Waals surface area contributed by atoms with Gasteiger partial charge >= 0.3 is 0 Å². The van der Waals surface area contributed by atoms with Crippen LogP contribution in [0.5, 0.6) is 17.2 Å². The summed E-state index contributed by atoms with van der Waals surface area (Å²) in [5.41, 5.74) is -0.642. The highest BCUT2D eigenvalue weighted by Gasteiger charge is 2.60. The Morgan fingerprint density at radius 3 is 2.54 bits per heavy atom. The molecule has 2 atom stereocenters. The van der Waals surface area contributed by atoms with Crippen LogP contribution in [-0.2, 0) is 4.79 Å². The average Bonchev–Trinajstić information content (AvgIpc) is 2.95. The van der Waals surface area contributed by atoms with Crippen LogP contribution in [-0.4, -0.2) is 63.5 Å². The van der Waals surface area contributed by atoms with Crippen molar-refractivity contribution in [3.05, 3.63) is 28.4 Å². The molecule has 2 aliphatic rings. The Labute approximate surface area is 169 Å². The van der Waals surface area contributed by atoms with Crippen LogP contribution in [0.1, 0.15) is 23.7 Å². The number of Topliss-reactive ketones (excluding diaryl/α,β-unsaturated/α-hetero) is 1. The quantitative estimate of drug-likeness (QED) is 0.724. The van der Waals surface area contributed by atoms with Crippen LogP contribution in [0, 0.1) is 5.92 Å². The van der Waals surface area contributed by atoms with Crippen molar-refractivity contribution in [2.24, 2.45) is 5.92 Å². The molecule has 0 bridgehead atoms. The zero-order valence-electron chi connectivity index (χ0n) is 16.7. The van der Waals surface area contributed by atoms with E-state index in [1.54, 1.807) is 0 Å². The summed E-state index contributed by atoms with van der Waals surface area (Å²) >= 11 is 6.37. The Balaban J connectivity index is 1.97. The third kappa shape index (κ3) is 3.12. The molecule has 0 amide bonds. The first-order valence-electron chi connectivity index (χ1n) is 9.08. The molecule has 0 saturated carbocycles. The highest BCUT2D eigenvalue weighted by molar-refractivity contribution is 6.36. The Bertz CT molecular complexity index is 851. The van der Waals surface area contributed by atoms with E-state index in [0.717, 1.165) is 12.2 Å². The SMILES string of the molecule is COc1cc(OC)c2c(c1Cl)O[C@@]1(C(=O)C=C(NCCN(C)C)C[C@H]1C)C2=O. The fourth-order valence-electron chi connectivity index (χ4n) is 3.69. The Morgan fingerprint density at radius 2 is 1.96 bits per heavy atom. The standard InChI is InChI=1S/C20H25ClN2O5/c1-11-8-12(22-6-7-23(2)3)9-15(24)20(11)19(25)16-13(26-4)10-14(27-5)17(21)18(16)28-20/h9-11,22H,6-8H2,1-5H3/t11-,20+/m1/s1. The number of nitrogens with one attached hydrogen (secondary N) is 1. The number of fused-ring (bicyclic) bond motifs is 1. The van der Waals surface area contributed by atoms with Crippen molar-refractivity contribution in [3.63, 3.8) is 0 Å². The monoisotopic (exact) mass is 408 g/mol. The molecule has 0 fully saturated rings. The van der Waals surface area contributed by atoms with Gasteiger partial charge in [-0.2, -0.15) is 0 Å². The van der Waals surface area contributed by atoms with Gasteiger partial charge in [0.15, 0.2) is 5.75 Å². The van der Waals surface area contributed by atoms with E-state index in [0.29, 0.717) is 18.7 Å². The molecule has 7 nitrogen and oxygen atoms in total. The zero-order chi connectivity index (χ0) is 20.6. The van der Waals surface area contributed by atoms with E-state index in [1.165, 1.54) is 26.4 Å². The van der Waals surface area contributed by atoms with Crippen LogP contribution in [0.3, 0.4) is 0 Å². The molecule has 1 aromatic carbocycles. The molecule has 0 radical (unpaired) electrons. The highest BCUT2D eigenvalue weighted by Crippen LogP contribution is 2.52. The van der Waals surface area contributed by atoms with Gasteiger partial charge in [0.2, 0.25) is 17.2 Å². The molecule has 0 saturated heterocycles. The molecule has 1 spiro atoms. The first kappa shape index (κ1) is 20.5. The predicted octanol–water partition coefficient (Wildman–Crippen LogP) is 2.32. The second-order valence-electron chi connectivity index (χ2n) is 7.34. The number of rotatable bonds is 6. The fourth-order valence-corrected chi connectivity index (χ4v) is 3.96. The summed E-state index contributed by atoms with van der Waals surface area (Å²) in [6.45, 7) is 3.37. The molecule has 1 N–H and O–H groups in total. The maximum atomic E-state index is 13.4. The van der Waals surface area contributed by atoms with Crippen molar-refractivity contribution < 1.29 is 23.8 Å². The van der Waals surface area contributed by atoms with Gasteiger partial charge in [0.25, 0.3) is 0 Å². The maximum Gasteiger partial charge on any atom is 0.236 e. The van der Waals surface area contributed by atoms with Crippen molar-refractivity contribution in [1.82, 2.24) is 10.2 Å². The minimum absolute atomic E-state index is 0.139. The molecule has 152 valence electrons. The van der Waals surface area contributed by atoms with Crippen LogP contribution >= 0.6 is 11.6 Å². The van der Waals surface area contributed by atoms with Crippen molar-refractivity contribution in [2.45, 2.75) is 18.9 Å². The van der Waals surface area contributed by atoms with Gasteiger partial charge in [0.05, 0.1) is 14.2 Å². The van der Waals surface area contributed by atoms with Crippen LogP contribution in [0.4, 0.5) is 0 Å². The molecule has 8 heteroatoms. The number of likely N-dealkylation sites (N-methyl/N-ethyl adjacent to an activating group) is 1. The second kappa shape index (κ2) is 7.64. The molecule has 1 aliphatic heterocycles. The summed E-state index contributed by atoms with van der Waals surface area (Å²) in [5, 5.41) is 3.42. The van der Waals surface area contributed by atoms with Crippen molar-refractivity contribution >= 4 is 23.2 Å². The van der Waals surface area contributed by atoms with Gasteiger partial charge in [-0.15, -0.1) is 0 Å². The number of hydrogen-bond donors (Lipinski definition) is 1. The first-order chi connectivity index (χ1) is 13.3. The maximum absolute atomic E-state index is 13.4. The van der Waals surface area contributed by atoms with E-state index in [2.05, 4.69) is 5.32 Å². The lowest BCUT2D eigenvalue weighted by atomic mass is 9.74. The summed E-state index contributed by atoms with van der Waals surface area (Å²) in [5.74, 6) is -0.461. The van der Waals surface area contributed by atoms with Crippen molar-refractivity contribution in [1.29, 1.82) is 0 Å². The molecule has 28 heavy (non-hydrogen) atoms. The van der Waals surface area contributed by atoms with Crippen LogP contribution in [0.25, 0.3) is 0 Å². The molecule has 1 aromatic rings. The van der Waals surface area contributed by atoms with E-state index in [4.69, 9.17) is 25.8 Å².